The number of hydrogen-bond donors (Lipinski definition) is 0. The number of benzene rings is 2. The summed E-state index contributed by atoms with van der Waals surface area (Å²) in [5.41, 5.74) is 0.432. The van der Waals surface area contributed by atoms with Crippen LogP contribution in [0.1, 0.15) is 24.2 Å². The molecule has 100 valence electrons. The predicted octanol–water partition coefficient (Wildman–Crippen LogP) is 4.18. The molecule has 0 aliphatic heterocycles. The fourth-order valence-electron chi connectivity index (χ4n) is 1.91. The molecule has 0 aliphatic rings. The third-order valence-corrected chi connectivity index (χ3v) is 3.50. The second-order valence-electron chi connectivity index (χ2n) is 4.45. The monoisotopic (exact) mass is 322 g/mol. The molecule has 0 spiro atoms. The Labute approximate surface area is 120 Å². The summed E-state index contributed by atoms with van der Waals surface area (Å²) in [6.45, 7) is 3.64. The van der Waals surface area contributed by atoms with Crippen molar-refractivity contribution in [2.45, 2.75) is 20.0 Å². The highest BCUT2D eigenvalue weighted by molar-refractivity contribution is 9.10. The fraction of sp³-hybridized carbons (Fsp3) is 0.267. The molecule has 3 nitrogen and oxygen atoms in total. The lowest BCUT2D eigenvalue weighted by molar-refractivity contribution is 0.0374. The summed E-state index contributed by atoms with van der Waals surface area (Å²) in [7, 11) is 1.54. The largest absolute Gasteiger partial charge is 0.495 e. The van der Waals surface area contributed by atoms with Crippen LogP contribution in [0.3, 0.4) is 0 Å². The summed E-state index contributed by atoms with van der Waals surface area (Å²) < 4.78 is 11.3. The number of methoxy groups -OCH3 is 1. The minimum atomic E-state index is -0.377. The van der Waals surface area contributed by atoms with E-state index in [-0.39, 0.29) is 12.1 Å². The van der Waals surface area contributed by atoms with Gasteiger partial charge in [0.15, 0.2) is 0 Å². The standard InChI is InChI=1S/C15H15BrO3/c1-9(2)19-15(17)12-8-10-6-4-5-7-11(10)13(16)14(12)18-3/h4-9H,1-3H3. The number of esters is 1. The number of rotatable bonds is 3. The summed E-state index contributed by atoms with van der Waals surface area (Å²) >= 11 is 3.49. The van der Waals surface area contributed by atoms with E-state index in [0.29, 0.717) is 11.3 Å². The van der Waals surface area contributed by atoms with Crippen LogP contribution in [-0.2, 0) is 4.74 Å². The molecule has 4 heteroatoms. The Morgan fingerprint density at radius 3 is 2.58 bits per heavy atom. The quantitative estimate of drug-likeness (QED) is 0.795. The average Bonchev–Trinajstić information content (AvgIpc) is 2.38. The summed E-state index contributed by atoms with van der Waals surface area (Å²) in [4.78, 5) is 12.1. The maximum Gasteiger partial charge on any atom is 0.342 e. The van der Waals surface area contributed by atoms with Crippen molar-refractivity contribution in [3.05, 3.63) is 40.4 Å². The molecule has 0 saturated heterocycles. The Balaban J connectivity index is 2.63. The smallest absolute Gasteiger partial charge is 0.342 e. The molecule has 19 heavy (non-hydrogen) atoms. The zero-order valence-corrected chi connectivity index (χ0v) is 12.7. The lowest BCUT2D eigenvalue weighted by Crippen LogP contribution is -2.13. The SMILES string of the molecule is COc1c(C(=O)OC(C)C)cc2ccccc2c1Br. The van der Waals surface area contributed by atoms with Gasteiger partial charge >= 0.3 is 5.97 Å². The first-order chi connectivity index (χ1) is 9.04. The van der Waals surface area contributed by atoms with E-state index in [1.165, 1.54) is 0 Å². The lowest BCUT2D eigenvalue weighted by atomic mass is 10.1. The van der Waals surface area contributed by atoms with E-state index in [4.69, 9.17) is 9.47 Å². The van der Waals surface area contributed by atoms with Crippen molar-refractivity contribution in [2.24, 2.45) is 0 Å². The van der Waals surface area contributed by atoms with Crippen LogP contribution in [0.4, 0.5) is 0 Å². The van der Waals surface area contributed by atoms with Crippen LogP contribution in [0.2, 0.25) is 0 Å². The highest BCUT2D eigenvalue weighted by Gasteiger charge is 2.19. The molecule has 2 aromatic rings. The Morgan fingerprint density at radius 2 is 1.95 bits per heavy atom. The zero-order valence-electron chi connectivity index (χ0n) is 11.1. The molecule has 0 radical (unpaired) electrons. The number of carbonyl (C=O) groups is 1. The highest BCUT2D eigenvalue weighted by atomic mass is 79.9. The van der Waals surface area contributed by atoms with E-state index >= 15 is 0 Å². The van der Waals surface area contributed by atoms with Gasteiger partial charge < -0.3 is 9.47 Å². The van der Waals surface area contributed by atoms with Gasteiger partial charge in [-0.3, -0.25) is 0 Å². The number of halogens is 1. The van der Waals surface area contributed by atoms with Gasteiger partial charge in [0.1, 0.15) is 11.3 Å². The Bertz CT molecular complexity index is 620. The van der Waals surface area contributed by atoms with Gasteiger partial charge in [-0.25, -0.2) is 4.79 Å². The molecule has 2 rings (SSSR count). The number of hydrogen-bond acceptors (Lipinski definition) is 3. The van der Waals surface area contributed by atoms with E-state index in [1.807, 2.05) is 38.1 Å². The molecule has 0 atom stereocenters. The van der Waals surface area contributed by atoms with Gasteiger partial charge in [0.2, 0.25) is 0 Å². The number of carbonyl (C=O) groups excluding carboxylic acids is 1. The summed E-state index contributed by atoms with van der Waals surface area (Å²) in [6, 6.07) is 9.59. The van der Waals surface area contributed by atoms with Crippen molar-refractivity contribution < 1.29 is 14.3 Å². The lowest BCUT2D eigenvalue weighted by Gasteiger charge is -2.14. The minimum Gasteiger partial charge on any atom is -0.495 e. The van der Waals surface area contributed by atoms with E-state index < -0.39 is 0 Å². The van der Waals surface area contributed by atoms with Crippen molar-refractivity contribution in [3.63, 3.8) is 0 Å². The first kappa shape index (κ1) is 13.9. The minimum absolute atomic E-state index is 0.164. The molecule has 0 unspecified atom stereocenters. The molecule has 0 heterocycles. The normalized spacial score (nSPS) is 10.8. The van der Waals surface area contributed by atoms with Gasteiger partial charge in [0.25, 0.3) is 0 Å². The van der Waals surface area contributed by atoms with Crippen molar-refractivity contribution in [1.29, 1.82) is 0 Å². The van der Waals surface area contributed by atoms with Crippen molar-refractivity contribution in [1.82, 2.24) is 0 Å². The first-order valence-corrected chi connectivity index (χ1v) is 6.80. The van der Waals surface area contributed by atoms with E-state index in [0.717, 1.165) is 15.2 Å². The summed E-state index contributed by atoms with van der Waals surface area (Å²) in [6.07, 6.45) is -0.164. The van der Waals surface area contributed by atoms with Gasteiger partial charge in [-0.15, -0.1) is 0 Å². The third-order valence-electron chi connectivity index (χ3n) is 2.71. The van der Waals surface area contributed by atoms with Crippen LogP contribution >= 0.6 is 15.9 Å². The van der Waals surface area contributed by atoms with Crippen LogP contribution in [0.5, 0.6) is 5.75 Å². The molecule has 2 aromatic carbocycles. The maximum atomic E-state index is 12.1. The fourth-order valence-corrected chi connectivity index (χ4v) is 2.65. The summed E-state index contributed by atoms with van der Waals surface area (Å²) in [5.74, 6) is 0.127. The topological polar surface area (TPSA) is 35.5 Å². The Kier molecular flexibility index (Phi) is 4.10. The Morgan fingerprint density at radius 1 is 1.26 bits per heavy atom. The molecule has 0 N–H and O–H groups in total. The zero-order chi connectivity index (χ0) is 14.0. The molecule has 0 amide bonds. The second-order valence-corrected chi connectivity index (χ2v) is 5.24. The molecular formula is C15H15BrO3. The van der Waals surface area contributed by atoms with Gasteiger partial charge in [-0.2, -0.15) is 0 Å². The van der Waals surface area contributed by atoms with Crippen LogP contribution in [0.15, 0.2) is 34.8 Å². The van der Waals surface area contributed by atoms with Crippen molar-refractivity contribution in [2.75, 3.05) is 7.11 Å². The van der Waals surface area contributed by atoms with E-state index in [2.05, 4.69) is 15.9 Å². The van der Waals surface area contributed by atoms with Crippen LogP contribution in [-0.4, -0.2) is 19.2 Å². The number of ether oxygens (including phenoxy) is 2. The van der Waals surface area contributed by atoms with E-state index in [9.17, 15) is 4.79 Å². The second kappa shape index (κ2) is 5.61. The van der Waals surface area contributed by atoms with Gasteiger partial charge in [0, 0.05) is 0 Å². The maximum absolute atomic E-state index is 12.1. The molecule has 0 bridgehead atoms. The average molecular weight is 323 g/mol. The molecule has 0 aromatic heterocycles. The molecule has 0 aliphatic carbocycles. The van der Waals surface area contributed by atoms with Crippen LogP contribution in [0.25, 0.3) is 10.8 Å². The molecule has 0 saturated carbocycles. The van der Waals surface area contributed by atoms with Gasteiger partial charge in [-0.1, -0.05) is 24.3 Å². The van der Waals surface area contributed by atoms with E-state index in [1.54, 1.807) is 13.2 Å². The van der Waals surface area contributed by atoms with Crippen LogP contribution in [0, 0.1) is 0 Å². The van der Waals surface area contributed by atoms with Crippen LogP contribution < -0.4 is 4.74 Å². The summed E-state index contributed by atoms with van der Waals surface area (Å²) in [5, 5.41) is 1.96. The van der Waals surface area contributed by atoms with Crippen molar-refractivity contribution >= 4 is 32.7 Å². The third kappa shape index (κ3) is 2.73. The van der Waals surface area contributed by atoms with Gasteiger partial charge in [0.05, 0.1) is 17.7 Å². The molecular weight excluding hydrogens is 308 g/mol. The predicted molar refractivity (Wildman–Crippen MR) is 78.8 cm³/mol. The molecule has 0 fully saturated rings. The van der Waals surface area contributed by atoms with Gasteiger partial charge in [-0.05, 0) is 46.6 Å². The highest BCUT2D eigenvalue weighted by Crippen LogP contribution is 2.36. The first-order valence-electron chi connectivity index (χ1n) is 6.00. The van der Waals surface area contributed by atoms with Crippen molar-refractivity contribution in [3.8, 4) is 5.75 Å². The number of fused-ring (bicyclic) bond motifs is 1. The Hall–Kier alpha value is -1.55.